The smallest absolute Gasteiger partial charge is 0.119 e. The van der Waals surface area contributed by atoms with Crippen LogP contribution < -0.4 is 10.5 Å². The predicted molar refractivity (Wildman–Crippen MR) is 72.0 cm³/mol. The molecule has 2 N–H and O–H groups in total. The Morgan fingerprint density at radius 1 is 1.25 bits per heavy atom. The van der Waals surface area contributed by atoms with Gasteiger partial charge in [-0.05, 0) is 31.0 Å². The van der Waals surface area contributed by atoms with Crippen LogP contribution in [0.5, 0.6) is 5.75 Å². The van der Waals surface area contributed by atoms with Gasteiger partial charge in [0.15, 0.2) is 0 Å². The molecular weight excluding hydrogens is 218 g/mol. The standard InChI is InChI=1S/C13H21NOS/c1-3-12(14)10-16-9-11-5-7-13(8-6-11)15-4-2/h5-8,12H,3-4,9-10,14H2,1-2H3. The molecule has 16 heavy (non-hydrogen) atoms. The summed E-state index contributed by atoms with van der Waals surface area (Å²) in [5, 5.41) is 0. The molecule has 0 aromatic heterocycles. The van der Waals surface area contributed by atoms with E-state index >= 15 is 0 Å². The van der Waals surface area contributed by atoms with E-state index in [0.29, 0.717) is 6.04 Å². The van der Waals surface area contributed by atoms with Gasteiger partial charge in [0.25, 0.3) is 0 Å². The van der Waals surface area contributed by atoms with Gasteiger partial charge in [-0.1, -0.05) is 19.1 Å². The highest BCUT2D eigenvalue weighted by Gasteiger charge is 2.00. The highest BCUT2D eigenvalue weighted by Crippen LogP contribution is 2.17. The van der Waals surface area contributed by atoms with Gasteiger partial charge < -0.3 is 10.5 Å². The minimum absolute atomic E-state index is 0.327. The third kappa shape index (κ3) is 4.90. The third-order valence-electron chi connectivity index (χ3n) is 2.36. The van der Waals surface area contributed by atoms with Crippen molar-refractivity contribution in [2.45, 2.75) is 32.1 Å². The number of ether oxygens (including phenoxy) is 1. The monoisotopic (exact) mass is 239 g/mol. The van der Waals surface area contributed by atoms with Crippen molar-refractivity contribution in [1.29, 1.82) is 0 Å². The van der Waals surface area contributed by atoms with Crippen LogP contribution in [0.2, 0.25) is 0 Å². The SMILES string of the molecule is CCOc1ccc(CSCC(N)CC)cc1. The van der Waals surface area contributed by atoms with Crippen LogP contribution in [0.25, 0.3) is 0 Å². The number of hydrogen-bond donors (Lipinski definition) is 1. The molecule has 0 aliphatic carbocycles. The molecule has 0 spiro atoms. The molecule has 0 aliphatic rings. The lowest BCUT2D eigenvalue weighted by Crippen LogP contribution is -2.21. The van der Waals surface area contributed by atoms with Crippen LogP contribution >= 0.6 is 11.8 Å². The van der Waals surface area contributed by atoms with Gasteiger partial charge in [0, 0.05) is 17.5 Å². The molecule has 0 bridgehead atoms. The first-order valence-corrected chi connectivity index (χ1v) is 6.96. The van der Waals surface area contributed by atoms with Gasteiger partial charge in [-0.25, -0.2) is 0 Å². The normalized spacial score (nSPS) is 12.4. The fourth-order valence-electron chi connectivity index (χ4n) is 1.29. The summed E-state index contributed by atoms with van der Waals surface area (Å²) in [5.74, 6) is 3.01. The maximum absolute atomic E-state index is 5.86. The Balaban J connectivity index is 2.31. The minimum Gasteiger partial charge on any atom is -0.494 e. The van der Waals surface area contributed by atoms with Crippen molar-refractivity contribution in [1.82, 2.24) is 0 Å². The minimum atomic E-state index is 0.327. The Morgan fingerprint density at radius 2 is 1.94 bits per heavy atom. The van der Waals surface area contributed by atoms with Crippen LogP contribution in [-0.2, 0) is 5.75 Å². The van der Waals surface area contributed by atoms with Crippen LogP contribution in [-0.4, -0.2) is 18.4 Å². The quantitative estimate of drug-likeness (QED) is 0.794. The summed E-state index contributed by atoms with van der Waals surface area (Å²) in [4.78, 5) is 0. The number of hydrogen-bond acceptors (Lipinski definition) is 3. The topological polar surface area (TPSA) is 35.2 Å². The number of rotatable bonds is 7. The molecule has 0 radical (unpaired) electrons. The Kier molecular flexibility index (Phi) is 6.34. The summed E-state index contributed by atoms with van der Waals surface area (Å²) < 4.78 is 5.39. The molecule has 90 valence electrons. The molecule has 3 heteroatoms. The van der Waals surface area contributed by atoms with E-state index in [-0.39, 0.29) is 0 Å². The van der Waals surface area contributed by atoms with Crippen molar-refractivity contribution in [3.63, 3.8) is 0 Å². The second-order valence-corrected chi connectivity index (χ2v) is 4.79. The molecule has 0 saturated carbocycles. The summed E-state index contributed by atoms with van der Waals surface area (Å²) in [6.07, 6.45) is 1.05. The molecule has 1 unspecified atom stereocenters. The first kappa shape index (κ1) is 13.4. The van der Waals surface area contributed by atoms with Gasteiger partial charge in [0.2, 0.25) is 0 Å². The average molecular weight is 239 g/mol. The highest BCUT2D eigenvalue weighted by atomic mass is 32.2. The zero-order valence-electron chi connectivity index (χ0n) is 10.1. The van der Waals surface area contributed by atoms with Crippen molar-refractivity contribution in [3.05, 3.63) is 29.8 Å². The van der Waals surface area contributed by atoms with Crippen LogP contribution in [0.4, 0.5) is 0 Å². The molecule has 1 atom stereocenters. The Bertz CT molecular complexity index is 286. The van der Waals surface area contributed by atoms with E-state index in [4.69, 9.17) is 10.5 Å². The van der Waals surface area contributed by atoms with E-state index in [0.717, 1.165) is 30.3 Å². The number of thioether (sulfide) groups is 1. The molecule has 1 aromatic rings. The Labute approximate surface area is 103 Å². The summed E-state index contributed by atoms with van der Waals surface area (Å²) in [7, 11) is 0. The average Bonchev–Trinajstić information content (AvgIpc) is 2.31. The van der Waals surface area contributed by atoms with Gasteiger partial charge in [-0.15, -0.1) is 0 Å². The number of benzene rings is 1. The molecule has 0 aliphatic heterocycles. The zero-order chi connectivity index (χ0) is 11.8. The summed E-state index contributed by atoms with van der Waals surface area (Å²) in [5.41, 5.74) is 7.19. The maximum atomic E-state index is 5.86. The Morgan fingerprint density at radius 3 is 2.50 bits per heavy atom. The summed E-state index contributed by atoms with van der Waals surface area (Å²) >= 11 is 1.89. The van der Waals surface area contributed by atoms with Crippen molar-refractivity contribution >= 4 is 11.8 Å². The molecule has 1 rings (SSSR count). The van der Waals surface area contributed by atoms with Crippen molar-refractivity contribution < 1.29 is 4.74 Å². The van der Waals surface area contributed by atoms with E-state index in [1.165, 1.54) is 5.56 Å². The first-order chi connectivity index (χ1) is 7.76. The second kappa shape index (κ2) is 7.58. The van der Waals surface area contributed by atoms with Crippen molar-refractivity contribution in [2.24, 2.45) is 5.73 Å². The highest BCUT2D eigenvalue weighted by molar-refractivity contribution is 7.98. The third-order valence-corrected chi connectivity index (χ3v) is 3.56. The molecule has 0 amide bonds. The molecule has 1 aromatic carbocycles. The molecule has 2 nitrogen and oxygen atoms in total. The van der Waals surface area contributed by atoms with E-state index in [1.54, 1.807) is 0 Å². The molecular formula is C13H21NOS. The lowest BCUT2D eigenvalue weighted by Gasteiger charge is -2.08. The predicted octanol–water partition coefficient (Wildman–Crippen LogP) is 3.06. The van der Waals surface area contributed by atoms with E-state index < -0.39 is 0 Å². The van der Waals surface area contributed by atoms with E-state index in [1.807, 2.05) is 30.8 Å². The first-order valence-electron chi connectivity index (χ1n) is 5.81. The lowest BCUT2D eigenvalue weighted by atomic mass is 10.2. The van der Waals surface area contributed by atoms with Crippen molar-refractivity contribution in [3.8, 4) is 5.75 Å². The van der Waals surface area contributed by atoms with Crippen molar-refractivity contribution in [2.75, 3.05) is 12.4 Å². The fourth-order valence-corrected chi connectivity index (χ4v) is 2.38. The zero-order valence-corrected chi connectivity index (χ0v) is 10.9. The molecule has 0 saturated heterocycles. The van der Waals surface area contributed by atoms with Gasteiger partial charge in [0.1, 0.15) is 5.75 Å². The molecule has 0 fully saturated rings. The summed E-state index contributed by atoms with van der Waals surface area (Å²) in [6, 6.07) is 8.62. The lowest BCUT2D eigenvalue weighted by molar-refractivity contribution is 0.340. The summed E-state index contributed by atoms with van der Waals surface area (Å²) in [6.45, 7) is 4.84. The van der Waals surface area contributed by atoms with Gasteiger partial charge in [-0.3, -0.25) is 0 Å². The van der Waals surface area contributed by atoms with Crippen LogP contribution in [0.15, 0.2) is 24.3 Å². The largest absolute Gasteiger partial charge is 0.494 e. The van der Waals surface area contributed by atoms with E-state index in [9.17, 15) is 0 Å². The van der Waals surface area contributed by atoms with Crippen LogP contribution in [0.3, 0.4) is 0 Å². The van der Waals surface area contributed by atoms with Crippen LogP contribution in [0.1, 0.15) is 25.8 Å². The van der Waals surface area contributed by atoms with Crippen LogP contribution in [0, 0.1) is 0 Å². The van der Waals surface area contributed by atoms with Gasteiger partial charge >= 0.3 is 0 Å². The van der Waals surface area contributed by atoms with Gasteiger partial charge in [0.05, 0.1) is 6.61 Å². The fraction of sp³-hybridized carbons (Fsp3) is 0.538. The van der Waals surface area contributed by atoms with Gasteiger partial charge in [-0.2, -0.15) is 11.8 Å². The maximum Gasteiger partial charge on any atom is 0.119 e. The van der Waals surface area contributed by atoms with E-state index in [2.05, 4.69) is 19.1 Å². The second-order valence-electron chi connectivity index (χ2n) is 3.76. The number of nitrogens with two attached hydrogens (primary N) is 1. The Hall–Kier alpha value is -0.670. The molecule has 0 heterocycles.